The average molecular weight is 195 g/mol. The minimum absolute atomic E-state index is 0.0903. The predicted molar refractivity (Wildman–Crippen MR) is 45.2 cm³/mol. The summed E-state index contributed by atoms with van der Waals surface area (Å²) in [5.41, 5.74) is 3.47. The van der Waals surface area contributed by atoms with E-state index in [4.69, 9.17) is 5.73 Å². The van der Waals surface area contributed by atoms with E-state index >= 15 is 0 Å². The van der Waals surface area contributed by atoms with Crippen LogP contribution in [0.2, 0.25) is 0 Å². The van der Waals surface area contributed by atoms with Crippen molar-refractivity contribution in [3.8, 4) is 0 Å². The Morgan fingerprint density at radius 1 is 1.46 bits per heavy atom. The van der Waals surface area contributed by atoms with Crippen molar-refractivity contribution in [3.05, 3.63) is 0 Å². The third kappa shape index (κ3) is 2.16. The normalized spacial score (nSPS) is 36.2. The minimum Gasteiger partial charge on any atom is -0.318 e. The Kier molecular flexibility index (Phi) is 2.90. The van der Waals surface area contributed by atoms with E-state index < -0.39 is 11.7 Å². The van der Waals surface area contributed by atoms with Gasteiger partial charge >= 0.3 is 6.18 Å². The quantitative estimate of drug-likeness (QED) is 0.684. The predicted octanol–water partition coefficient (Wildman–Crippen LogP) is 2.85. The summed E-state index contributed by atoms with van der Waals surface area (Å²) in [4.78, 5) is 0. The van der Waals surface area contributed by atoms with E-state index in [2.05, 4.69) is 0 Å². The lowest BCUT2D eigenvalue weighted by atomic mass is 9.75. The van der Waals surface area contributed by atoms with Gasteiger partial charge in [0.05, 0.1) is 0 Å². The molecule has 0 aromatic heterocycles. The third-order valence-corrected chi connectivity index (χ3v) is 3.03. The van der Waals surface area contributed by atoms with Gasteiger partial charge in [-0.1, -0.05) is 26.2 Å². The molecular formula is C9H16F3N. The van der Waals surface area contributed by atoms with E-state index in [0.717, 1.165) is 12.8 Å². The fourth-order valence-corrected chi connectivity index (χ4v) is 2.03. The van der Waals surface area contributed by atoms with E-state index in [1.165, 1.54) is 0 Å². The summed E-state index contributed by atoms with van der Waals surface area (Å²) in [6.07, 6.45) is -1.74. The molecule has 0 radical (unpaired) electrons. The lowest BCUT2D eigenvalue weighted by molar-refractivity contribution is -0.198. The molecule has 0 bridgehead atoms. The third-order valence-electron chi connectivity index (χ3n) is 3.03. The molecule has 78 valence electrons. The maximum absolute atomic E-state index is 12.5. The first-order valence-electron chi connectivity index (χ1n) is 4.74. The first-order chi connectivity index (χ1) is 5.89. The molecule has 0 amide bonds. The zero-order chi connectivity index (χ0) is 10.1. The van der Waals surface area contributed by atoms with Crippen LogP contribution in [0.4, 0.5) is 13.2 Å². The van der Waals surface area contributed by atoms with E-state index in [1.807, 2.05) is 6.92 Å². The van der Waals surface area contributed by atoms with Crippen LogP contribution in [-0.2, 0) is 0 Å². The lowest BCUT2D eigenvalue weighted by Crippen LogP contribution is -2.56. The molecule has 0 spiro atoms. The molecule has 1 fully saturated rings. The van der Waals surface area contributed by atoms with Crippen LogP contribution in [0.1, 0.15) is 39.0 Å². The summed E-state index contributed by atoms with van der Waals surface area (Å²) < 4.78 is 37.5. The van der Waals surface area contributed by atoms with Crippen molar-refractivity contribution in [2.75, 3.05) is 0 Å². The van der Waals surface area contributed by atoms with E-state index in [9.17, 15) is 13.2 Å². The summed E-state index contributed by atoms with van der Waals surface area (Å²) >= 11 is 0. The van der Waals surface area contributed by atoms with Crippen LogP contribution in [0.15, 0.2) is 0 Å². The molecule has 2 unspecified atom stereocenters. The van der Waals surface area contributed by atoms with Crippen LogP contribution < -0.4 is 5.73 Å². The maximum Gasteiger partial charge on any atom is 0.406 e. The van der Waals surface area contributed by atoms with Crippen LogP contribution in [0.5, 0.6) is 0 Å². The fourth-order valence-electron chi connectivity index (χ4n) is 2.03. The SMILES string of the molecule is CCC1CCCC(N)(C(F)(F)F)C1. The van der Waals surface area contributed by atoms with Crippen LogP contribution in [-0.4, -0.2) is 11.7 Å². The van der Waals surface area contributed by atoms with Gasteiger partial charge in [-0.25, -0.2) is 0 Å². The summed E-state index contributed by atoms with van der Waals surface area (Å²) in [6.45, 7) is 1.92. The maximum atomic E-state index is 12.5. The van der Waals surface area contributed by atoms with Gasteiger partial charge in [-0.2, -0.15) is 13.2 Å². The molecule has 2 N–H and O–H groups in total. The highest BCUT2D eigenvalue weighted by atomic mass is 19.4. The van der Waals surface area contributed by atoms with Crippen molar-refractivity contribution in [2.24, 2.45) is 11.7 Å². The van der Waals surface area contributed by atoms with Gasteiger partial charge in [0.1, 0.15) is 5.54 Å². The average Bonchev–Trinajstić information content (AvgIpc) is 2.02. The molecule has 1 aliphatic rings. The summed E-state index contributed by atoms with van der Waals surface area (Å²) in [7, 11) is 0. The first kappa shape index (κ1) is 10.8. The van der Waals surface area contributed by atoms with Gasteiger partial charge < -0.3 is 5.73 Å². The van der Waals surface area contributed by atoms with Crippen molar-refractivity contribution in [1.29, 1.82) is 0 Å². The Morgan fingerprint density at radius 2 is 2.08 bits per heavy atom. The first-order valence-corrected chi connectivity index (χ1v) is 4.74. The zero-order valence-corrected chi connectivity index (χ0v) is 7.82. The number of halogens is 3. The Labute approximate surface area is 76.5 Å². The van der Waals surface area contributed by atoms with Crippen molar-refractivity contribution in [3.63, 3.8) is 0 Å². The standard InChI is InChI=1S/C9H16F3N/c1-2-7-4-3-5-8(13,6-7)9(10,11)12/h7H,2-6,13H2,1H3. The summed E-state index contributed by atoms with van der Waals surface area (Å²) in [6, 6.07) is 0. The van der Waals surface area contributed by atoms with Gasteiger partial charge in [0.2, 0.25) is 0 Å². The van der Waals surface area contributed by atoms with E-state index in [1.54, 1.807) is 0 Å². The highest BCUT2D eigenvalue weighted by molar-refractivity contribution is 4.96. The highest BCUT2D eigenvalue weighted by Crippen LogP contribution is 2.42. The molecule has 0 aromatic carbocycles. The molecule has 1 nitrogen and oxygen atoms in total. The number of alkyl halides is 3. The minimum atomic E-state index is -4.24. The molecule has 13 heavy (non-hydrogen) atoms. The highest BCUT2D eigenvalue weighted by Gasteiger charge is 2.53. The Balaban J connectivity index is 2.68. The van der Waals surface area contributed by atoms with Crippen LogP contribution in [0.3, 0.4) is 0 Å². The smallest absolute Gasteiger partial charge is 0.318 e. The van der Waals surface area contributed by atoms with Gasteiger partial charge in [-0.15, -0.1) is 0 Å². The largest absolute Gasteiger partial charge is 0.406 e. The Hall–Kier alpha value is -0.250. The van der Waals surface area contributed by atoms with Crippen LogP contribution in [0, 0.1) is 5.92 Å². The molecule has 1 aliphatic carbocycles. The Morgan fingerprint density at radius 3 is 2.54 bits per heavy atom. The second-order valence-corrected chi connectivity index (χ2v) is 4.02. The van der Waals surface area contributed by atoms with Crippen molar-refractivity contribution >= 4 is 0 Å². The molecular weight excluding hydrogens is 179 g/mol. The molecule has 1 rings (SSSR count). The van der Waals surface area contributed by atoms with Crippen molar-refractivity contribution < 1.29 is 13.2 Å². The topological polar surface area (TPSA) is 26.0 Å². The lowest BCUT2D eigenvalue weighted by Gasteiger charge is -2.38. The second-order valence-electron chi connectivity index (χ2n) is 4.02. The van der Waals surface area contributed by atoms with Crippen molar-refractivity contribution in [2.45, 2.75) is 50.7 Å². The molecule has 0 aromatic rings. The van der Waals surface area contributed by atoms with E-state index in [0.29, 0.717) is 6.42 Å². The van der Waals surface area contributed by atoms with Gasteiger partial charge in [-0.3, -0.25) is 0 Å². The monoisotopic (exact) mass is 195 g/mol. The van der Waals surface area contributed by atoms with Gasteiger partial charge in [0.25, 0.3) is 0 Å². The van der Waals surface area contributed by atoms with Crippen molar-refractivity contribution in [1.82, 2.24) is 0 Å². The molecule has 1 saturated carbocycles. The molecule has 4 heteroatoms. The number of nitrogens with two attached hydrogens (primary N) is 1. The van der Waals surface area contributed by atoms with Gasteiger partial charge in [-0.05, 0) is 18.8 Å². The van der Waals surface area contributed by atoms with Gasteiger partial charge in [0, 0.05) is 0 Å². The Bertz CT molecular complexity index is 178. The molecule has 0 aliphatic heterocycles. The van der Waals surface area contributed by atoms with Crippen LogP contribution in [0.25, 0.3) is 0 Å². The zero-order valence-electron chi connectivity index (χ0n) is 7.82. The molecule has 0 heterocycles. The molecule has 0 saturated heterocycles. The summed E-state index contributed by atoms with van der Waals surface area (Å²) in [5, 5.41) is 0. The van der Waals surface area contributed by atoms with E-state index in [-0.39, 0.29) is 18.8 Å². The number of rotatable bonds is 1. The molecule has 2 atom stereocenters. The van der Waals surface area contributed by atoms with Gasteiger partial charge in [0.15, 0.2) is 0 Å². The fraction of sp³-hybridized carbons (Fsp3) is 1.00. The summed E-state index contributed by atoms with van der Waals surface area (Å²) in [5.74, 6) is 0.153. The number of hydrogen-bond acceptors (Lipinski definition) is 1. The second kappa shape index (κ2) is 3.48. The number of hydrogen-bond donors (Lipinski definition) is 1. The van der Waals surface area contributed by atoms with Crippen LogP contribution >= 0.6 is 0 Å².